The Kier molecular flexibility index (Phi) is 3.80. The topological polar surface area (TPSA) is 12.0 Å². The Balaban J connectivity index is 2.28. The molecule has 0 atom stereocenters. The van der Waals surface area contributed by atoms with Crippen LogP contribution in [-0.2, 0) is 0 Å². The van der Waals surface area contributed by atoms with Crippen LogP contribution in [0.2, 0.25) is 0 Å². The first kappa shape index (κ1) is 9.79. The minimum atomic E-state index is 0.628. The Morgan fingerprint density at radius 1 is 1.42 bits per heavy atom. The lowest BCUT2D eigenvalue weighted by Crippen LogP contribution is -2.31. The number of hydrogen-bond acceptors (Lipinski definition) is 1. The average molecular weight is 167 g/mol. The molecule has 1 aliphatic carbocycles. The van der Waals surface area contributed by atoms with E-state index in [9.17, 15) is 0 Å². The van der Waals surface area contributed by atoms with Crippen molar-refractivity contribution < 1.29 is 0 Å². The quantitative estimate of drug-likeness (QED) is 0.490. The average Bonchev–Trinajstić information content (AvgIpc) is 2.55. The maximum Gasteiger partial charge on any atom is 0.0132 e. The normalized spacial score (nSPS) is 21.1. The smallest absolute Gasteiger partial charge is 0.0132 e. The van der Waals surface area contributed by atoms with Gasteiger partial charge in [-0.15, -0.1) is 6.58 Å². The van der Waals surface area contributed by atoms with Gasteiger partial charge in [-0.1, -0.05) is 25.8 Å². The van der Waals surface area contributed by atoms with E-state index >= 15 is 0 Å². The molecule has 0 aliphatic heterocycles. The summed E-state index contributed by atoms with van der Waals surface area (Å²) in [5.41, 5.74) is 0.628. The second kappa shape index (κ2) is 4.66. The van der Waals surface area contributed by atoms with Crippen LogP contribution >= 0.6 is 0 Å². The van der Waals surface area contributed by atoms with Gasteiger partial charge in [-0.25, -0.2) is 0 Å². The fourth-order valence-electron chi connectivity index (χ4n) is 2.22. The molecule has 0 aromatic rings. The van der Waals surface area contributed by atoms with Crippen molar-refractivity contribution in [3.63, 3.8) is 0 Å². The van der Waals surface area contributed by atoms with Gasteiger partial charge in [0.05, 0.1) is 0 Å². The molecule has 0 bridgehead atoms. The van der Waals surface area contributed by atoms with Crippen molar-refractivity contribution in [2.75, 3.05) is 13.1 Å². The van der Waals surface area contributed by atoms with Crippen LogP contribution in [0.15, 0.2) is 12.7 Å². The highest BCUT2D eigenvalue weighted by Gasteiger charge is 2.30. The Labute approximate surface area is 76.2 Å². The molecule has 0 radical (unpaired) electrons. The number of rotatable bonds is 5. The summed E-state index contributed by atoms with van der Waals surface area (Å²) in [6, 6.07) is 0. The fraction of sp³-hybridized carbons (Fsp3) is 0.818. The molecular weight excluding hydrogens is 146 g/mol. The van der Waals surface area contributed by atoms with Crippen LogP contribution in [0, 0.1) is 5.41 Å². The first-order valence-corrected chi connectivity index (χ1v) is 5.14. The molecule has 12 heavy (non-hydrogen) atoms. The summed E-state index contributed by atoms with van der Waals surface area (Å²) in [5, 5.41) is 3.45. The summed E-state index contributed by atoms with van der Waals surface area (Å²) in [6.07, 6.45) is 8.99. The van der Waals surface area contributed by atoms with E-state index in [4.69, 9.17) is 0 Å². The lowest BCUT2D eigenvalue weighted by molar-refractivity contribution is 0.273. The van der Waals surface area contributed by atoms with Gasteiger partial charge in [0, 0.05) is 13.1 Å². The van der Waals surface area contributed by atoms with E-state index in [1.165, 1.54) is 38.6 Å². The molecule has 0 spiro atoms. The zero-order chi connectivity index (χ0) is 8.86. The first-order chi connectivity index (χ1) is 5.83. The van der Waals surface area contributed by atoms with Crippen LogP contribution in [0.5, 0.6) is 0 Å². The third kappa shape index (κ3) is 2.34. The molecule has 70 valence electrons. The Morgan fingerprint density at radius 2 is 2.08 bits per heavy atom. The molecule has 1 aliphatic rings. The highest BCUT2D eigenvalue weighted by Crippen LogP contribution is 2.40. The Morgan fingerprint density at radius 3 is 2.58 bits per heavy atom. The van der Waals surface area contributed by atoms with Gasteiger partial charge in [0.1, 0.15) is 0 Å². The Bertz CT molecular complexity index is 134. The third-order valence-electron chi connectivity index (χ3n) is 3.20. The molecule has 1 heteroatoms. The molecule has 0 unspecified atom stereocenters. The lowest BCUT2D eigenvalue weighted by Gasteiger charge is -2.27. The Hall–Kier alpha value is -0.300. The van der Waals surface area contributed by atoms with E-state index < -0.39 is 0 Å². The summed E-state index contributed by atoms with van der Waals surface area (Å²) in [4.78, 5) is 0. The lowest BCUT2D eigenvalue weighted by atomic mass is 9.83. The molecule has 1 N–H and O–H groups in total. The van der Waals surface area contributed by atoms with E-state index in [0.29, 0.717) is 5.41 Å². The van der Waals surface area contributed by atoms with E-state index in [1.54, 1.807) is 0 Å². The second-order valence-corrected chi connectivity index (χ2v) is 3.98. The molecule has 0 aromatic carbocycles. The fourth-order valence-corrected chi connectivity index (χ4v) is 2.22. The molecule has 1 nitrogen and oxygen atoms in total. The molecule has 1 saturated carbocycles. The highest BCUT2D eigenvalue weighted by molar-refractivity contribution is 4.86. The van der Waals surface area contributed by atoms with E-state index in [1.807, 2.05) is 6.08 Å². The van der Waals surface area contributed by atoms with Gasteiger partial charge in [-0.05, 0) is 24.7 Å². The van der Waals surface area contributed by atoms with E-state index in [2.05, 4.69) is 18.8 Å². The van der Waals surface area contributed by atoms with Crippen LogP contribution in [0.25, 0.3) is 0 Å². The van der Waals surface area contributed by atoms with Gasteiger partial charge in [0.25, 0.3) is 0 Å². The molecule has 1 fully saturated rings. The van der Waals surface area contributed by atoms with E-state index in [0.717, 1.165) is 6.54 Å². The van der Waals surface area contributed by atoms with Crippen LogP contribution in [0.4, 0.5) is 0 Å². The maximum absolute atomic E-state index is 3.71. The van der Waals surface area contributed by atoms with Crippen LogP contribution in [0.1, 0.15) is 39.0 Å². The minimum Gasteiger partial charge on any atom is -0.313 e. The van der Waals surface area contributed by atoms with Gasteiger partial charge < -0.3 is 5.32 Å². The van der Waals surface area contributed by atoms with Crippen LogP contribution in [-0.4, -0.2) is 13.1 Å². The van der Waals surface area contributed by atoms with Crippen molar-refractivity contribution in [2.45, 2.75) is 39.0 Å². The summed E-state index contributed by atoms with van der Waals surface area (Å²) < 4.78 is 0. The van der Waals surface area contributed by atoms with Gasteiger partial charge >= 0.3 is 0 Å². The number of nitrogens with one attached hydrogen (secondary N) is 1. The summed E-state index contributed by atoms with van der Waals surface area (Å²) in [7, 11) is 0. The zero-order valence-corrected chi connectivity index (χ0v) is 8.23. The van der Waals surface area contributed by atoms with Gasteiger partial charge in [-0.2, -0.15) is 0 Å². The molecule has 0 saturated heterocycles. The molecule has 0 heterocycles. The number of hydrogen-bond donors (Lipinski definition) is 1. The molecular formula is C11H21N. The van der Waals surface area contributed by atoms with Crippen molar-refractivity contribution in [3.8, 4) is 0 Å². The first-order valence-electron chi connectivity index (χ1n) is 5.14. The molecule has 1 rings (SSSR count). The second-order valence-electron chi connectivity index (χ2n) is 3.98. The van der Waals surface area contributed by atoms with Crippen molar-refractivity contribution in [1.82, 2.24) is 5.32 Å². The van der Waals surface area contributed by atoms with Crippen molar-refractivity contribution >= 4 is 0 Å². The van der Waals surface area contributed by atoms with Crippen molar-refractivity contribution in [1.29, 1.82) is 0 Å². The SMILES string of the molecule is C=CCNCC1(CC)CCCC1. The van der Waals surface area contributed by atoms with Crippen LogP contribution < -0.4 is 5.32 Å². The van der Waals surface area contributed by atoms with E-state index in [-0.39, 0.29) is 0 Å². The monoisotopic (exact) mass is 167 g/mol. The predicted octanol–water partition coefficient (Wildman–Crippen LogP) is 2.73. The van der Waals surface area contributed by atoms with Crippen molar-refractivity contribution in [2.24, 2.45) is 5.41 Å². The largest absolute Gasteiger partial charge is 0.313 e. The standard InChI is InChI=1S/C11H21N/c1-3-9-12-10-11(4-2)7-5-6-8-11/h3,12H,1,4-10H2,2H3. The van der Waals surface area contributed by atoms with Gasteiger partial charge in [-0.3, -0.25) is 0 Å². The van der Waals surface area contributed by atoms with Crippen LogP contribution in [0.3, 0.4) is 0 Å². The third-order valence-corrected chi connectivity index (χ3v) is 3.20. The maximum atomic E-state index is 3.71. The summed E-state index contributed by atoms with van der Waals surface area (Å²) >= 11 is 0. The molecule has 0 amide bonds. The van der Waals surface area contributed by atoms with Crippen molar-refractivity contribution in [3.05, 3.63) is 12.7 Å². The highest BCUT2D eigenvalue weighted by atomic mass is 14.9. The molecule has 0 aromatic heterocycles. The van der Waals surface area contributed by atoms with Gasteiger partial charge in [0.2, 0.25) is 0 Å². The summed E-state index contributed by atoms with van der Waals surface area (Å²) in [6.45, 7) is 8.18. The minimum absolute atomic E-state index is 0.628. The zero-order valence-electron chi connectivity index (χ0n) is 8.23. The summed E-state index contributed by atoms with van der Waals surface area (Å²) in [5.74, 6) is 0. The predicted molar refractivity (Wildman–Crippen MR) is 54.3 cm³/mol. The van der Waals surface area contributed by atoms with Gasteiger partial charge in [0.15, 0.2) is 0 Å².